The lowest BCUT2D eigenvalue weighted by Crippen LogP contribution is -2.42. The Labute approximate surface area is 130 Å². The number of carbonyl (C=O) groups is 1. The van der Waals surface area contributed by atoms with Crippen LogP contribution in [0, 0.1) is 0 Å². The number of rotatable bonds is 6. The van der Waals surface area contributed by atoms with Gasteiger partial charge in [0.05, 0.1) is 11.5 Å². The van der Waals surface area contributed by atoms with E-state index in [1.54, 1.807) is 6.07 Å². The lowest BCUT2D eigenvalue weighted by Gasteiger charge is -2.24. The van der Waals surface area contributed by atoms with Crippen molar-refractivity contribution < 1.29 is 17.9 Å². The monoisotopic (exact) mass is 333 g/mol. The van der Waals surface area contributed by atoms with Crippen LogP contribution in [0.3, 0.4) is 0 Å². The molecule has 21 heavy (non-hydrogen) atoms. The molecule has 118 valence electrons. The average molecular weight is 334 g/mol. The average Bonchev–Trinajstić information content (AvgIpc) is 2.37. The zero-order valence-electron chi connectivity index (χ0n) is 12.6. The Balaban J connectivity index is 3.23. The first kappa shape index (κ1) is 17.9. The molecular weight excluding hydrogens is 314 g/mol. The van der Waals surface area contributed by atoms with Crippen LogP contribution in [0.1, 0.15) is 43.1 Å². The third-order valence-corrected chi connectivity index (χ3v) is 4.49. The first-order valence-corrected chi connectivity index (χ1v) is 8.80. The summed E-state index contributed by atoms with van der Waals surface area (Å²) >= 11 is 0. The number of hydrogen-bond donors (Lipinski definition) is 1. The molecule has 0 aromatic heterocycles. The Morgan fingerprint density at radius 1 is 1.33 bits per heavy atom. The number of nitrogens with one attached hydrogen (secondary N) is 1. The second-order valence-electron chi connectivity index (χ2n) is 5.43. The van der Waals surface area contributed by atoms with Gasteiger partial charge in [0.15, 0.2) is 0 Å². The standard InChI is InChI=1S/C14H20ClNO4S/c1-5-14(2,3)16-13(17)11-6-10(9-20-4)7-12(8-11)21(15,18)19/h6-8H,5,9H2,1-4H3,(H,16,17). The summed E-state index contributed by atoms with van der Waals surface area (Å²) in [5.74, 6) is -0.346. The summed E-state index contributed by atoms with van der Waals surface area (Å²) in [4.78, 5) is 12.2. The van der Waals surface area contributed by atoms with Crippen molar-refractivity contribution in [3.8, 4) is 0 Å². The van der Waals surface area contributed by atoms with Crippen molar-refractivity contribution >= 4 is 25.6 Å². The molecule has 1 aromatic carbocycles. The summed E-state index contributed by atoms with van der Waals surface area (Å²) in [5, 5.41) is 2.85. The number of amides is 1. The van der Waals surface area contributed by atoms with E-state index in [-0.39, 0.29) is 28.5 Å². The highest BCUT2D eigenvalue weighted by atomic mass is 35.7. The van der Waals surface area contributed by atoms with Crippen molar-refractivity contribution in [2.45, 2.75) is 44.2 Å². The molecule has 0 unspecified atom stereocenters. The number of halogens is 1. The molecule has 0 saturated heterocycles. The minimum Gasteiger partial charge on any atom is -0.380 e. The Morgan fingerprint density at radius 2 is 1.95 bits per heavy atom. The van der Waals surface area contributed by atoms with E-state index in [0.717, 1.165) is 6.42 Å². The molecule has 0 heterocycles. The summed E-state index contributed by atoms with van der Waals surface area (Å²) in [6, 6.07) is 4.26. The SMILES string of the molecule is CCC(C)(C)NC(=O)c1cc(COC)cc(S(=O)(=O)Cl)c1. The zero-order chi connectivity index (χ0) is 16.3. The molecule has 0 aliphatic rings. The van der Waals surface area contributed by atoms with E-state index in [0.29, 0.717) is 5.56 Å². The van der Waals surface area contributed by atoms with Crippen LogP contribution in [0.25, 0.3) is 0 Å². The topological polar surface area (TPSA) is 72.5 Å². The van der Waals surface area contributed by atoms with Crippen LogP contribution < -0.4 is 5.32 Å². The largest absolute Gasteiger partial charge is 0.380 e. The van der Waals surface area contributed by atoms with Crippen LogP contribution in [0.4, 0.5) is 0 Å². The minimum absolute atomic E-state index is 0.113. The lowest BCUT2D eigenvalue weighted by molar-refractivity contribution is 0.0910. The van der Waals surface area contributed by atoms with Gasteiger partial charge < -0.3 is 10.1 Å². The van der Waals surface area contributed by atoms with Gasteiger partial charge in [0.2, 0.25) is 0 Å². The fourth-order valence-corrected chi connectivity index (χ4v) is 2.48. The van der Waals surface area contributed by atoms with Crippen molar-refractivity contribution in [1.82, 2.24) is 5.32 Å². The molecule has 0 fully saturated rings. The first-order valence-electron chi connectivity index (χ1n) is 6.49. The molecule has 1 rings (SSSR count). The van der Waals surface area contributed by atoms with Crippen LogP contribution in [0.2, 0.25) is 0 Å². The molecular formula is C14H20ClNO4S. The molecule has 0 aliphatic carbocycles. The smallest absolute Gasteiger partial charge is 0.261 e. The van der Waals surface area contributed by atoms with E-state index >= 15 is 0 Å². The van der Waals surface area contributed by atoms with Crippen molar-refractivity contribution in [1.29, 1.82) is 0 Å². The second-order valence-corrected chi connectivity index (χ2v) is 7.99. The lowest BCUT2D eigenvalue weighted by atomic mass is 10.0. The van der Waals surface area contributed by atoms with E-state index in [1.165, 1.54) is 19.2 Å². The maximum absolute atomic E-state index is 12.3. The molecule has 0 aliphatic heterocycles. The summed E-state index contributed by atoms with van der Waals surface area (Å²) in [7, 11) is 2.94. The molecule has 0 bridgehead atoms. The third kappa shape index (κ3) is 5.30. The van der Waals surface area contributed by atoms with Gasteiger partial charge in [0.1, 0.15) is 0 Å². The Kier molecular flexibility index (Phi) is 5.78. The van der Waals surface area contributed by atoms with Gasteiger partial charge in [-0.25, -0.2) is 8.42 Å². The van der Waals surface area contributed by atoms with E-state index in [1.807, 2.05) is 20.8 Å². The molecule has 0 spiro atoms. The summed E-state index contributed by atoms with van der Waals surface area (Å²) < 4.78 is 28.0. The zero-order valence-corrected chi connectivity index (χ0v) is 14.1. The highest BCUT2D eigenvalue weighted by molar-refractivity contribution is 8.13. The number of carbonyl (C=O) groups excluding carboxylic acids is 1. The van der Waals surface area contributed by atoms with Gasteiger partial charge in [0.25, 0.3) is 15.0 Å². The van der Waals surface area contributed by atoms with Crippen LogP contribution in [-0.2, 0) is 20.4 Å². The van der Waals surface area contributed by atoms with Crippen LogP contribution >= 0.6 is 10.7 Å². The van der Waals surface area contributed by atoms with Crippen molar-refractivity contribution in [2.24, 2.45) is 0 Å². The van der Waals surface area contributed by atoms with E-state index in [9.17, 15) is 13.2 Å². The summed E-state index contributed by atoms with van der Waals surface area (Å²) in [6.07, 6.45) is 0.747. The number of methoxy groups -OCH3 is 1. The fraction of sp³-hybridized carbons (Fsp3) is 0.500. The molecule has 0 radical (unpaired) electrons. The summed E-state index contributed by atoms with van der Waals surface area (Å²) in [6.45, 7) is 5.93. The predicted molar refractivity (Wildman–Crippen MR) is 82.0 cm³/mol. The minimum atomic E-state index is -3.91. The van der Waals surface area contributed by atoms with Crippen LogP contribution in [0.15, 0.2) is 23.1 Å². The normalized spacial score (nSPS) is 12.2. The molecule has 7 heteroatoms. The number of ether oxygens (including phenoxy) is 1. The molecule has 1 amide bonds. The maximum Gasteiger partial charge on any atom is 0.261 e. The molecule has 1 N–H and O–H groups in total. The van der Waals surface area contributed by atoms with Crippen molar-refractivity contribution in [3.05, 3.63) is 29.3 Å². The van der Waals surface area contributed by atoms with Crippen LogP contribution in [-0.4, -0.2) is 27.0 Å². The van der Waals surface area contributed by atoms with Crippen molar-refractivity contribution in [2.75, 3.05) is 7.11 Å². The number of benzene rings is 1. The highest BCUT2D eigenvalue weighted by Gasteiger charge is 2.21. The predicted octanol–water partition coefficient (Wildman–Crippen LogP) is 2.68. The Morgan fingerprint density at radius 3 is 2.43 bits per heavy atom. The van der Waals surface area contributed by atoms with Gasteiger partial charge in [-0.1, -0.05) is 6.92 Å². The molecule has 0 atom stereocenters. The molecule has 1 aromatic rings. The quantitative estimate of drug-likeness (QED) is 0.812. The Hall–Kier alpha value is -1.11. The van der Waals surface area contributed by atoms with Gasteiger partial charge in [-0.15, -0.1) is 0 Å². The van der Waals surface area contributed by atoms with E-state index < -0.39 is 9.05 Å². The maximum atomic E-state index is 12.3. The second kappa shape index (κ2) is 6.77. The van der Waals surface area contributed by atoms with Crippen LogP contribution in [0.5, 0.6) is 0 Å². The highest BCUT2D eigenvalue weighted by Crippen LogP contribution is 2.20. The van der Waals surface area contributed by atoms with Gasteiger partial charge in [0, 0.05) is 28.9 Å². The summed E-state index contributed by atoms with van der Waals surface area (Å²) in [5.41, 5.74) is 0.429. The van der Waals surface area contributed by atoms with E-state index in [2.05, 4.69) is 5.32 Å². The van der Waals surface area contributed by atoms with Gasteiger partial charge in [-0.2, -0.15) is 0 Å². The van der Waals surface area contributed by atoms with Crippen molar-refractivity contribution in [3.63, 3.8) is 0 Å². The van der Waals surface area contributed by atoms with E-state index in [4.69, 9.17) is 15.4 Å². The third-order valence-electron chi connectivity index (χ3n) is 3.16. The van der Waals surface area contributed by atoms with Gasteiger partial charge >= 0.3 is 0 Å². The number of hydrogen-bond acceptors (Lipinski definition) is 4. The fourth-order valence-electron chi connectivity index (χ4n) is 1.65. The first-order chi connectivity index (χ1) is 9.59. The molecule has 5 nitrogen and oxygen atoms in total. The van der Waals surface area contributed by atoms with Gasteiger partial charge in [-0.05, 0) is 44.0 Å². The Bertz CT molecular complexity index is 626. The van der Waals surface area contributed by atoms with Gasteiger partial charge in [-0.3, -0.25) is 4.79 Å². The molecule has 0 saturated carbocycles.